The molecule has 1 saturated carbocycles. The van der Waals surface area contributed by atoms with Gasteiger partial charge in [0.05, 0.1) is 6.07 Å². The lowest BCUT2D eigenvalue weighted by Crippen LogP contribution is -2.51. The maximum Gasteiger partial charge on any atom is 0.243 e. The number of carbonyl (C=O) groups excluding carboxylic acids is 1. The zero-order chi connectivity index (χ0) is 14.1. The lowest BCUT2D eigenvalue weighted by atomic mass is 9.71. The maximum absolute atomic E-state index is 12.9. The Hall–Kier alpha value is -1.30. The Labute approximate surface area is 121 Å². The first-order chi connectivity index (χ1) is 9.70. The van der Waals surface area contributed by atoms with Crippen molar-refractivity contribution in [2.45, 2.75) is 57.8 Å². The fourth-order valence-electron chi connectivity index (χ4n) is 4.35. The predicted octanol–water partition coefficient (Wildman–Crippen LogP) is 3.42. The summed E-state index contributed by atoms with van der Waals surface area (Å²) in [6.45, 7) is 1.73. The summed E-state index contributed by atoms with van der Waals surface area (Å²) in [5, 5.41) is 9.51. The number of piperidine rings is 1. The van der Waals surface area contributed by atoms with Gasteiger partial charge in [-0.15, -0.1) is 0 Å². The second-order valence-corrected chi connectivity index (χ2v) is 6.95. The molecule has 108 valence electrons. The summed E-state index contributed by atoms with van der Waals surface area (Å²) in [5.74, 6) is 0.131. The van der Waals surface area contributed by atoms with Crippen LogP contribution >= 0.6 is 0 Å². The van der Waals surface area contributed by atoms with Gasteiger partial charge in [0.1, 0.15) is 5.41 Å². The Morgan fingerprint density at radius 3 is 2.55 bits per heavy atom. The Morgan fingerprint density at radius 2 is 1.90 bits per heavy atom. The number of carbonyl (C=O) groups is 1. The largest absolute Gasteiger partial charge is 0.341 e. The minimum absolute atomic E-state index is 0.131. The van der Waals surface area contributed by atoms with Crippen LogP contribution in [0.4, 0.5) is 0 Å². The van der Waals surface area contributed by atoms with E-state index in [4.69, 9.17) is 0 Å². The molecule has 2 aliphatic carbocycles. The van der Waals surface area contributed by atoms with E-state index in [1.165, 1.54) is 12.8 Å². The number of rotatable bonds is 1. The van der Waals surface area contributed by atoms with Crippen LogP contribution in [0.1, 0.15) is 57.8 Å². The summed E-state index contributed by atoms with van der Waals surface area (Å²) >= 11 is 0. The molecule has 1 amide bonds. The summed E-state index contributed by atoms with van der Waals surface area (Å²) < 4.78 is 0. The van der Waals surface area contributed by atoms with Gasteiger partial charge in [-0.25, -0.2) is 0 Å². The van der Waals surface area contributed by atoms with Gasteiger partial charge in [0.25, 0.3) is 0 Å². The molecule has 2 fully saturated rings. The molecule has 0 aromatic carbocycles. The summed E-state index contributed by atoms with van der Waals surface area (Å²) in [6.07, 6.45) is 13.9. The van der Waals surface area contributed by atoms with E-state index in [9.17, 15) is 10.1 Å². The average Bonchev–Trinajstić information content (AvgIpc) is 2.97. The van der Waals surface area contributed by atoms with E-state index in [2.05, 4.69) is 18.2 Å². The van der Waals surface area contributed by atoms with Gasteiger partial charge in [0, 0.05) is 13.1 Å². The van der Waals surface area contributed by atoms with Crippen molar-refractivity contribution in [3.8, 4) is 6.07 Å². The van der Waals surface area contributed by atoms with Crippen molar-refractivity contribution in [3.05, 3.63) is 12.2 Å². The zero-order valence-electron chi connectivity index (χ0n) is 12.2. The third-order valence-corrected chi connectivity index (χ3v) is 5.59. The second-order valence-electron chi connectivity index (χ2n) is 6.95. The van der Waals surface area contributed by atoms with Crippen LogP contribution in [0.3, 0.4) is 0 Å². The molecule has 3 heteroatoms. The minimum Gasteiger partial charge on any atom is -0.341 e. The van der Waals surface area contributed by atoms with Crippen LogP contribution in [0.25, 0.3) is 0 Å². The van der Waals surface area contributed by atoms with E-state index in [1.807, 2.05) is 4.90 Å². The first-order valence-corrected chi connectivity index (χ1v) is 8.05. The molecule has 0 aromatic rings. The van der Waals surface area contributed by atoms with Crippen LogP contribution in [-0.4, -0.2) is 23.9 Å². The van der Waals surface area contributed by atoms with Gasteiger partial charge in [0.15, 0.2) is 0 Å². The topological polar surface area (TPSA) is 44.1 Å². The molecule has 3 aliphatic rings. The molecule has 1 spiro atoms. The van der Waals surface area contributed by atoms with Crippen LogP contribution in [0, 0.1) is 22.2 Å². The highest BCUT2D eigenvalue weighted by Gasteiger charge is 2.46. The normalized spacial score (nSPS) is 32.2. The van der Waals surface area contributed by atoms with E-state index in [0.717, 1.165) is 58.0 Å². The van der Waals surface area contributed by atoms with Gasteiger partial charge >= 0.3 is 0 Å². The van der Waals surface area contributed by atoms with E-state index >= 15 is 0 Å². The zero-order valence-corrected chi connectivity index (χ0v) is 12.2. The Morgan fingerprint density at radius 1 is 1.10 bits per heavy atom. The van der Waals surface area contributed by atoms with E-state index < -0.39 is 5.41 Å². The lowest BCUT2D eigenvalue weighted by molar-refractivity contribution is -0.142. The molecule has 0 bridgehead atoms. The van der Waals surface area contributed by atoms with Gasteiger partial charge < -0.3 is 4.90 Å². The van der Waals surface area contributed by atoms with Crippen molar-refractivity contribution in [3.63, 3.8) is 0 Å². The van der Waals surface area contributed by atoms with Crippen molar-refractivity contribution in [1.82, 2.24) is 4.90 Å². The monoisotopic (exact) mass is 272 g/mol. The molecule has 0 unspecified atom stereocenters. The predicted molar refractivity (Wildman–Crippen MR) is 77.8 cm³/mol. The molecule has 1 saturated heterocycles. The highest BCUT2D eigenvalue weighted by Crippen LogP contribution is 2.44. The molecule has 1 heterocycles. The van der Waals surface area contributed by atoms with Crippen molar-refractivity contribution in [2.24, 2.45) is 10.8 Å². The van der Waals surface area contributed by atoms with Crippen LogP contribution in [0.15, 0.2) is 12.2 Å². The average molecular weight is 272 g/mol. The highest BCUT2D eigenvalue weighted by molar-refractivity contribution is 5.86. The lowest BCUT2D eigenvalue weighted by Gasteiger charge is -2.45. The number of hydrogen-bond acceptors (Lipinski definition) is 2. The van der Waals surface area contributed by atoms with Crippen LogP contribution < -0.4 is 0 Å². The first kappa shape index (κ1) is 13.7. The fraction of sp³-hybridized carbons (Fsp3) is 0.765. The molecule has 0 N–H and O–H groups in total. The molecule has 1 atom stereocenters. The summed E-state index contributed by atoms with van der Waals surface area (Å²) in [4.78, 5) is 14.9. The van der Waals surface area contributed by atoms with Crippen LogP contribution in [0.5, 0.6) is 0 Å². The standard InChI is InChI=1S/C17H24N2O/c18-13-17(10-4-5-11-17)15(20)19-12-6-9-16(14-19)7-2-1-3-8-16/h1-2H,3-12,14H2/t16-/m0/s1. The molecule has 20 heavy (non-hydrogen) atoms. The number of nitrogens with zero attached hydrogens (tertiary/aromatic N) is 2. The highest BCUT2D eigenvalue weighted by atomic mass is 16.2. The number of allylic oxidation sites excluding steroid dienone is 2. The van der Waals surface area contributed by atoms with E-state index in [0.29, 0.717) is 5.41 Å². The fourth-order valence-corrected chi connectivity index (χ4v) is 4.35. The molecule has 0 radical (unpaired) electrons. The molecule has 3 nitrogen and oxygen atoms in total. The SMILES string of the molecule is N#CC1(C(=O)N2CCC[C@@]3(CC=CCC3)C2)CCCC1. The van der Waals surface area contributed by atoms with Gasteiger partial charge in [-0.2, -0.15) is 5.26 Å². The third kappa shape index (κ3) is 2.26. The number of amides is 1. The van der Waals surface area contributed by atoms with Crippen molar-refractivity contribution in [1.29, 1.82) is 5.26 Å². The number of hydrogen-bond donors (Lipinski definition) is 0. The van der Waals surface area contributed by atoms with Crippen molar-refractivity contribution < 1.29 is 4.79 Å². The third-order valence-electron chi connectivity index (χ3n) is 5.59. The van der Waals surface area contributed by atoms with Crippen molar-refractivity contribution in [2.75, 3.05) is 13.1 Å². The molecule has 3 rings (SSSR count). The van der Waals surface area contributed by atoms with Gasteiger partial charge in [-0.1, -0.05) is 25.0 Å². The Kier molecular flexibility index (Phi) is 3.58. The Balaban J connectivity index is 1.75. The van der Waals surface area contributed by atoms with Crippen LogP contribution in [-0.2, 0) is 4.79 Å². The first-order valence-electron chi connectivity index (χ1n) is 8.05. The molecular weight excluding hydrogens is 248 g/mol. The molecular formula is C17H24N2O. The summed E-state index contributed by atoms with van der Waals surface area (Å²) in [7, 11) is 0. The molecule has 0 aromatic heterocycles. The van der Waals surface area contributed by atoms with Gasteiger partial charge in [0.2, 0.25) is 5.91 Å². The minimum atomic E-state index is -0.691. The smallest absolute Gasteiger partial charge is 0.243 e. The van der Waals surface area contributed by atoms with E-state index in [1.54, 1.807) is 0 Å². The quantitative estimate of drug-likeness (QED) is 0.686. The summed E-state index contributed by atoms with van der Waals surface area (Å²) in [6, 6.07) is 2.36. The maximum atomic E-state index is 12.9. The second kappa shape index (κ2) is 5.24. The molecule has 1 aliphatic heterocycles. The van der Waals surface area contributed by atoms with E-state index in [-0.39, 0.29) is 5.91 Å². The van der Waals surface area contributed by atoms with Gasteiger partial charge in [-0.3, -0.25) is 4.79 Å². The van der Waals surface area contributed by atoms with Crippen LogP contribution in [0.2, 0.25) is 0 Å². The Bertz CT molecular complexity index is 456. The number of nitriles is 1. The van der Waals surface area contributed by atoms with Gasteiger partial charge in [-0.05, 0) is 50.4 Å². The van der Waals surface area contributed by atoms with Crippen molar-refractivity contribution >= 4 is 5.91 Å². The summed E-state index contributed by atoms with van der Waals surface area (Å²) in [5.41, 5.74) is -0.388. The number of likely N-dealkylation sites (tertiary alicyclic amines) is 1.